The van der Waals surface area contributed by atoms with E-state index in [0.29, 0.717) is 11.7 Å². The van der Waals surface area contributed by atoms with Crippen LogP contribution in [0, 0.1) is 0 Å². The summed E-state index contributed by atoms with van der Waals surface area (Å²) < 4.78 is 0. The molecule has 4 heteroatoms. The molecule has 0 aliphatic heterocycles. The molecule has 1 aliphatic rings. The van der Waals surface area contributed by atoms with E-state index in [9.17, 15) is 0 Å². The highest BCUT2D eigenvalue weighted by molar-refractivity contribution is 5.97. The third-order valence-corrected chi connectivity index (χ3v) is 4.55. The molecule has 0 radical (unpaired) electrons. The second-order valence-corrected chi connectivity index (χ2v) is 5.90. The number of anilines is 1. The minimum atomic E-state index is 0.480. The molecular formula is C18H18N4. The molecule has 0 amide bonds. The van der Waals surface area contributed by atoms with Crippen molar-refractivity contribution in [2.24, 2.45) is 0 Å². The maximum absolute atomic E-state index is 6.19. The van der Waals surface area contributed by atoms with Gasteiger partial charge in [0.05, 0.1) is 5.69 Å². The summed E-state index contributed by atoms with van der Waals surface area (Å²) in [6.45, 7) is 2.23. The number of fused-ring (bicyclic) bond motifs is 5. The first-order valence-corrected chi connectivity index (χ1v) is 7.76. The molecule has 110 valence electrons. The molecule has 1 atom stereocenters. The Hall–Kier alpha value is -2.49. The molecule has 0 fully saturated rings. The van der Waals surface area contributed by atoms with Crippen LogP contribution in [0.15, 0.2) is 36.9 Å². The second-order valence-electron chi connectivity index (χ2n) is 5.90. The Morgan fingerprint density at radius 3 is 2.82 bits per heavy atom. The van der Waals surface area contributed by atoms with E-state index in [0.717, 1.165) is 35.9 Å². The normalized spacial score (nSPS) is 16.3. The zero-order valence-corrected chi connectivity index (χ0v) is 12.6. The summed E-state index contributed by atoms with van der Waals surface area (Å²) in [5, 5.41) is 2.14. The summed E-state index contributed by atoms with van der Waals surface area (Å²) >= 11 is 0. The first-order chi connectivity index (χ1) is 10.8. The molecule has 0 spiro atoms. The summed E-state index contributed by atoms with van der Waals surface area (Å²) in [5.41, 5.74) is 10.9. The van der Waals surface area contributed by atoms with E-state index in [4.69, 9.17) is 10.7 Å². The monoisotopic (exact) mass is 290 g/mol. The Balaban J connectivity index is 2.09. The van der Waals surface area contributed by atoms with Crippen LogP contribution in [0.5, 0.6) is 0 Å². The fourth-order valence-electron chi connectivity index (χ4n) is 3.60. The van der Waals surface area contributed by atoms with Gasteiger partial charge in [-0.25, -0.2) is 4.98 Å². The van der Waals surface area contributed by atoms with Crippen molar-refractivity contribution in [2.45, 2.75) is 32.1 Å². The third-order valence-electron chi connectivity index (χ3n) is 4.55. The first kappa shape index (κ1) is 13.2. The Morgan fingerprint density at radius 2 is 1.95 bits per heavy atom. The maximum atomic E-state index is 6.19. The van der Waals surface area contributed by atoms with Crippen molar-refractivity contribution in [1.82, 2.24) is 15.0 Å². The van der Waals surface area contributed by atoms with Gasteiger partial charge < -0.3 is 5.73 Å². The number of pyridine rings is 3. The van der Waals surface area contributed by atoms with E-state index < -0.39 is 0 Å². The zero-order chi connectivity index (χ0) is 15.1. The van der Waals surface area contributed by atoms with Crippen LogP contribution in [-0.4, -0.2) is 15.0 Å². The van der Waals surface area contributed by atoms with Gasteiger partial charge in [-0.3, -0.25) is 9.97 Å². The molecule has 4 rings (SSSR count). The minimum Gasteiger partial charge on any atom is -0.383 e. The molecule has 1 unspecified atom stereocenters. The van der Waals surface area contributed by atoms with E-state index in [-0.39, 0.29) is 0 Å². The summed E-state index contributed by atoms with van der Waals surface area (Å²) in [6.07, 6.45) is 10.8. The Kier molecular flexibility index (Phi) is 3.03. The van der Waals surface area contributed by atoms with Crippen LogP contribution in [0.1, 0.15) is 36.8 Å². The quantitative estimate of drug-likeness (QED) is 0.781. The van der Waals surface area contributed by atoms with Gasteiger partial charge in [0.1, 0.15) is 5.82 Å². The van der Waals surface area contributed by atoms with Gasteiger partial charge in [0.15, 0.2) is 0 Å². The molecule has 0 aromatic carbocycles. The van der Waals surface area contributed by atoms with Crippen LogP contribution in [0.2, 0.25) is 0 Å². The van der Waals surface area contributed by atoms with E-state index in [1.807, 2.05) is 24.8 Å². The zero-order valence-electron chi connectivity index (χ0n) is 12.6. The molecule has 0 bridgehead atoms. The predicted molar refractivity (Wildman–Crippen MR) is 88.5 cm³/mol. The van der Waals surface area contributed by atoms with Gasteiger partial charge in [-0.05, 0) is 47.4 Å². The summed E-state index contributed by atoms with van der Waals surface area (Å²) in [6, 6.07) is 4.17. The van der Waals surface area contributed by atoms with E-state index >= 15 is 0 Å². The van der Waals surface area contributed by atoms with Crippen molar-refractivity contribution in [3.63, 3.8) is 0 Å². The van der Waals surface area contributed by atoms with Crippen molar-refractivity contribution < 1.29 is 0 Å². The molecule has 0 saturated carbocycles. The molecule has 2 N–H and O–H groups in total. The Morgan fingerprint density at radius 1 is 1.14 bits per heavy atom. The van der Waals surface area contributed by atoms with Gasteiger partial charge in [-0.1, -0.05) is 13.3 Å². The maximum Gasteiger partial charge on any atom is 0.133 e. The summed E-state index contributed by atoms with van der Waals surface area (Å²) in [4.78, 5) is 13.2. The van der Waals surface area contributed by atoms with Crippen LogP contribution in [0.4, 0.5) is 5.82 Å². The van der Waals surface area contributed by atoms with Crippen LogP contribution >= 0.6 is 0 Å². The number of nitrogen functional groups attached to an aromatic ring is 1. The van der Waals surface area contributed by atoms with E-state index in [1.54, 1.807) is 0 Å². The average molecular weight is 290 g/mol. The number of nitrogens with zero attached hydrogens (tertiary/aromatic N) is 3. The van der Waals surface area contributed by atoms with Crippen molar-refractivity contribution >= 4 is 16.6 Å². The highest BCUT2D eigenvalue weighted by Crippen LogP contribution is 2.44. The van der Waals surface area contributed by atoms with Crippen LogP contribution in [-0.2, 0) is 6.42 Å². The fraction of sp³-hybridized carbons (Fsp3) is 0.278. The highest BCUT2D eigenvalue weighted by Gasteiger charge is 2.28. The van der Waals surface area contributed by atoms with E-state index in [2.05, 4.69) is 29.0 Å². The van der Waals surface area contributed by atoms with Crippen LogP contribution < -0.4 is 5.73 Å². The van der Waals surface area contributed by atoms with Crippen molar-refractivity contribution in [2.75, 3.05) is 5.73 Å². The van der Waals surface area contributed by atoms with Gasteiger partial charge in [0.25, 0.3) is 0 Å². The van der Waals surface area contributed by atoms with Gasteiger partial charge in [-0.2, -0.15) is 0 Å². The Labute approximate surface area is 129 Å². The highest BCUT2D eigenvalue weighted by atomic mass is 14.9. The van der Waals surface area contributed by atoms with E-state index in [1.165, 1.54) is 16.5 Å². The van der Waals surface area contributed by atoms with Crippen LogP contribution in [0.3, 0.4) is 0 Å². The summed E-state index contributed by atoms with van der Waals surface area (Å²) in [7, 11) is 0. The number of hydrogen-bond acceptors (Lipinski definition) is 4. The topological polar surface area (TPSA) is 64.7 Å². The van der Waals surface area contributed by atoms with Crippen molar-refractivity contribution in [1.29, 1.82) is 0 Å². The number of hydrogen-bond donors (Lipinski definition) is 1. The van der Waals surface area contributed by atoms with Gasteiger partial charge in [-0.15, -0.1) is 0 Å². The number of rotatable bonds is 2. The standard InChI is InChI=1S/C18H18N4/c1-2-3-12-8-11-4-6-20-9-14(11)17-16(12)13-5-7-21-10-15(13)18(19)22-17/h4-7,9-10,12H,2-3,8H2,1H3,(H2,19,22). The first-order valence-electron chi connectivity index (χ1n) is 7.76. The fourth-order valence-corrected chi connectivity index (χ4v) is 3.60. The predicted octanol–water partition coefficient (Wildman–Crippen LogP) is 3.71. The average Bonchev–Trinajstić information content (AvgIpc) is 2.55. The lowest BCUT2D eigenvalue weighted by Crippen LogP contribution is -2.14. The van der Waals surface area contributed by atoms with Gasteiger partial charge in [0.2, 0.25) is 0 Å². The largest absolute Gasteiger partial charge is 0.383 e. The number of aromatic nitrogens is 3. The lowest BCUT2D eigenvalue weighted by atomic mass is 9.78. The molecule has 3 aromatic heterocycles. The SMILES string of the molecule is CCCC1Cc2ccncc2-c2nc(N)c3cnccc3c21. The molecule has 22 heavy (non-hydrogen) atoms. The molecular weight excluding hydrogens is 272 g/mol. The molecule has 4 nitrogen and oxygen atoms in total. The molecule has 0 saturated heterocycles. The van der Waals surface area contributed by atoms with Crippen molar-refractivity contribution in [3.8, 4) is 11.3 Å². The minimum absolute atomic E-state index is 0.480. The lowest BCUT2D eigenvalue weighted by molar-refractivity contribution is 0.606. The van der Waals surface area contributed by atoms with Gasteiger partial charge in [0, 0.05) is 35.7 Å². The lowest BCUT2D eigenvalue weighted by Gasteiger charge is -2.28. The van der Waals surface area contributed by atoms with Crippen LogP contribution in [0.25, 0.3) is 22.0 Å². The smallest absolute Gasteiger partial charge is 0.133 e. The van der Waals surface area contributed by atoms with Gasteiger partial charge >= 0.3 is 0 Å². The molecule has 3 heterocycles. The number of nitrogens with two attached hydrogens (primary N) is 1. The molecule has 3 aromatic rings. The van der Waals surface area contributed by atoms with Crippen molar-refractivity contribution in [3.05, 3.63) is 48.0 Å². The third kappa shape index (κ3) is 1.87. The second kappa shape index (κ2) is 5.05. The molecule has 1 aliphatic carbocycles. The Bertz CT molecular complexity index is 857. The summed E-state index contributed by atoms with van der Waals surface area (Å²) in [5.74, 6) is 1.03.